The minimum absolute atomic E-state index is 0.00586. The van der Waals surface area contributed by atoms with Gasteiger partial charge in [0.25, 0.3) is 0 Å². The SMILES string of the molecule is COc1cc(Cl)cc(CNc2ccc(C(=O)O)cc2)c1OC(C)C. The summed E-state index contributed by atoms with van der Waals surface area (Å²) in [5, 5.41) is 12.7. The smallest absolute Gasteiger partial charge is 0.335 e. The van der Waals surface area contributed by atoms with Crippen molar-refractivity contribution in [2.75, 3.05) is 12.4 Å². The van der Waals surface area contributed by atoms with E-state index >= 15 is 0 Å². The summed E-state index contributed by atoms with van der Waals surface area (Å²) in [6, 6.07) is 10.1. The van der Waals surface area contributed by atoms with Crippen LogP contribution in [0.15, 0.2) is 36.4 Å². The molecule has 5 nitrogen and oxygen atoms in total. The number of halogens is 1. The Bertz CT molecular complexity index is 714. The number of carboxylic acids is 1. The van der Waals surface area contributed by atoms with Crippen LogP contribution >= 0.6 is 11.6 Å². The molecule has 0 amide bonds. The molecule has 0 spiro atoms. The number of benzene rings is 2. The van der Waals surface area contributed by atoms with Crippen molar-refractivity contribution in [1.29, 1.82) is 0 Å². The van der Waals surface area contributed by atoms with Crippen molar-refractivity contribution in [2.24, 2.45) is 0 Å². The van der Waals surface area contributed by atoms with Gasteiger partial charge >= 0.3 is 5.97 Å². The number of rotatable bonds is 7. The van der Waals surface area contributed by atoms with E-state index in [1.54, 1.807) is 37.4 Å². The van der Waals surface area contributed by atoms with Gasteiger partial charge in [-0.05, 0) is 44.2 Å². The fourth-order valence-electron chi connectivity index (χ4n) is 2.20. The molecule has 0 radical (unpaired) electrons. The summed E-state index contributed by atoms with van der Waals surface area (Å²) in [5.41, 5.74) is 1.90. The molecule has 0 saturated carbocycles. The van der Waals surface area contributed by atoms with E-state index in [1.165, 1.54) is 0 Å². The Hall–Kier alpha value is -2.40. The molecule has 0 aliphatic rings. The van der Waals surface area contributed by atoms with Crippen molar-refractivity contribution in [1.82, 2.24) is 0 Å². The summed E-state index contributed by atoms with van der Waals surface area (Å²) in [6.07, 6.45) is -0.00586. The molecule has 128 valence electrons. The molecule has 0 aliphatic carbocycles. The molecule has 0 aliphatic heterocycles. The molecule has 0 saturated heterocycles. The largest absolute Gasteiger partial charge is 0.493 e. The molecular formula is C18H20ClNO4. The summed E-state index contributed by atoms with van der Waals surface area (Å²) >= 11 is 6.15. The lowest BCUT2D eigenvalue weighted by molar-refractivity contribution is 0.0697. The van der Waals surface area contributed by atoms with E-state index in [0.29, 0.717) is 23.1 Å². The minimum atomic E-state index is -0.950. The van der Waals surface area contributed by atoms with Gasteiger partial charge in [0.15, 0.2) is 11.5 Å². The third kappa shape index (κ3) is 4.55. The van der Waals surface area contributed by atoms with Gasteiger partial charge < -0.3 is 19.9 Å². The number of nitrogens with one attached hydrogen (secondary N) is 1. The van der Waals surface area contributed by atoms with Crippen LogP contribution in [0.25, 0.3) is 0 Å². The van der Waals surface area contributed by atoms with Crippen molar-refractivity contribution in [3.05, 3.63) is 52.5 Å². The molecule has 0 fully saturated rings. The van der Waals surface area contributed by atoms with Gasteiger partial charge in [0.05, 0.1) is 18.8 Å². The molecular weight excluding hydrogens is 330 g/mol. The predicted octanol–water partition coefficient (Wildman–Crippen LogP) is 4.45. The summed E-state index contributed by atoms with van der Waals surface area (Å²) in [5.74, 6) is 0.273. The van der Waals surface area contributed by atoms with E-state index in [-0.39, 0.29) is 11.7 Å². The van der Waals surface area contributed by atoms with Crippen LogP contribution in [0.5, 0.6) is 11.5 Å². The van der Waals surface area contributed by atoms with Crippen LogP contribution in [0, 0.1) is 0 Å². The Balaban J connectivity index is 2.21. The maximum atomic E-state index is 10.9. The van der Waals surface area contributed by atoms with Crippen LogP contribution in [0.3, 0.4) is 0 Å². The zero-order valence-electron chi connectivity index (χ0n) is 13.8. The van der Waals surface area contributed by atoms with Crippen molar-refractivity contribution in [2.45, 2.75) is 26.5 Å². The second-order valence-electron chi connectivity index (χ2n) is 5.50. The van der Waals surface area contributed by atoms with E-state index in [1.807, 2.05) is 19.9 Å². The fraction of sp³-hybridized carbons (Fsp3) is 0.278. The lowest BCUT2D eigenvalue weighted by atomic mass is 10.1. The normalized spacial score (nSPS) is 10.5. The first-order valence-corrected chi connectivity index (χ1v) is 7.88. The van der Waals surface area contributed by atoms with Crippen LogP contribution in [-0.2, 0) is 6.54 Å². The Morgan fingerprint density at radius 2 is 1.92 bits per heavy atom. The number of hydrogen-bond acceptors (Lipinski definition) is 4. The molecule has 2 N–H and O–H groups in total. The molecule has 0 atom stereocenters. The molecule has 0 heterocycles. The maximum absolute atomic E-state index is 10.9. The lowest BCUT2D eigenvalue weighted by Gasteiger charge is -2.18. The number of carbonyl (C=O) groups is 1. The highest BCUT2D eigenvalue weighted by molar-refractivity contribution is 6.30. The van der Waals surface area contributed by atoms with E-state index in [2.05, 4.69) is 5.32 Å². The van der Waals surface area contributed by atoms with Crippen LogP contribution in [0.2, 0.25) is 5.02 Å². The van der Waals surface area contributed by atoms with E-state index in [4.69, 9.17) is 26.2 Å². The van der Waals surface area contributed by atoms with Gasteiger partial charge in [-0.1, -0.05) is 11.6 Å². The van der Waals surface area contributed by atoms with Crippen molar-refractivity contribution in [3.63, 3.8) is 0 Å². The lowest BCUT2D eigenvalue weighted by Crippen LogP contribution is -2.11. The third-order valence-electron chi connectivity index (χ3n) is 3.28. The predicted molar refractivity (Wildman–Crippen MR) is 94.5 cm³/mol. The number of carboxylic acid groups (broad SMARTS) is 1. The van der Waals surface area contributed by atoms with Gasteiger partial charge in [0, 0.05) is 28.9 Å². The number of anilines is 1. The number of methoxy groups -OCH3 is 1. The molecule has 6 heteroatoms. The average molecular weight is 350 g/mol. The minimum Gasteiger partial charge on any atom is -0.493 e. The Kier molecular flexibility index (Phi) is 5.93. The van der Waals surface area contributed by atoms with Crippen LogP contribution < -0.4 is 14.8 Å². The highest BCUT2D eigenvalue weighted by Gasteiger charge is 2.14. The second-order valence-corrected chi connectivity index (χ2v) is 5.94. The summed E-state index contributed by atoms with van der Waals surface area (Å²) in [6.45, 7) is 4.34. The first-order valence-electron chi connectivity index (χ1n) is 7.51. The van der Waals surface area contributed by atoms with Crippen molar-refractivity contribution in [3.8, 4) is 11.5 Å². The third-order valence-corrected chi connectivity index (χ3v) is 3.50. The number of ether oxygens (including phenoxy) is 2. The highest BCUT2D eigenvalue weighted by Crippen LogP contribution is 2.35. The van der Waals surface area contributed by atoms with Crippen LogP contribution in [0.4, 0.5) is 5.69 Å². The first-order chi connectivity index (χ1) is 11.4. The van der Waals surface area contributed by atoms with Crippen molar-refractivity contribution >= 4 is 23.3 Å². The standard InChI is InChI=1S/C18H20ClNO4/c1-11(2)24-17-13(8-14(19)9-16(17)23-3)10-20-15-6-4-12(5-7-15)18(21)22/h4-9,11,20H,10H2,1-3H3,(H,21,22). The molecule has 0 aromatic heterocycles. The molecule has 2 aromatic carbocycles. The zero-order valence-corrected chi connectivity index (χ0v) is 14.6. The van der Waals surface area contributed by atoms with E-state index in [0.717, 1.165) is 11.3 Å². The highest BCUT2D eigenvalue weighted by atomic mass is 35.5. The number of hydrogen-bond donors (Lipinski definition) is 2. The monoisotopic (exact) mass is 349 g/mol. The average Bonchev–Trinajstić information content (AvgIpc) is 2.54. The summed E-state index contributed by atoms with van der Waals surface area (Å²) < 4.78 is 11.2. The maximum Gasteiger partial charge on any atom is 0.335 e. The summed E-state index contributed by atoms with van der Waals surface area (Å²) in [4.78, 5) is 10.9. The molecule has 0 bridgehead atoms. The number of aromatic carboxylic acids is 1. The molecule has 2 aromatic rings. The van der Waals surface area contributed by atoms with Gasteiger partial charge in [0.1, 0.15) is 0 Å². The van der Waals surface area contributed by atoms with Gasteiger partial charge in [-0.3, -0.25) is 0 Å². The molecule has 0 unspecified atom stereocenters. The van der Waals surface area contributed by atoms with Gasteiger partial charge in [-0.15, -0.1) is 0 Å². The molecule has 2 rings (SSSR count). The quantitative estimate of drug-likeness (QED) is 0.773. The van der Waals surface area contributed by atoms with E-state index < -0.39 is 5.97 Å². The zero-order chi connectivity index (χ0) is 17.7. The molecule has 24 heavy (non-hydrogen) atoms. The fourth-order valence-corrected chi connectivity index (χ4v) is 2.43. The summed E-state index contributed by atoms with van der Waals surface area (Å²) in [7, 11) is 1.57. The topological polar surface area (TPSA) is 67.8 Å². The van der Waals surface area contributed by atoms with Gasteiger partial charge in [-0.2, -0.15) is 0 Å². The van der Waals surface area contributed by atoms with Gasteiger partial charge in [-0.25, -0.2) is 4.79 Å². The Morgan fingerprint density at radius 1 is 1.25 bits per heavy atom. The van der Waals surface area contributed by atoms with Crippen LogP contribution in [0.1, 0.15) is 29.8 Å². The van der Waals surface area contributed by atoms with E-state index in [9.17, 15) is 4.79 Å². The van der Waals surface area contributed by atoms with Crippen LogP contribution in [-0.4, -0.2) is 24.3 Å². The Labute approximate surface area is 146 Å². The van der Waals surface area contributed by atoms with Crippen molar-refractivity contribution < 1.29 is 19.4 Å². The van der Waals surface area contributed by atoms with Gasteiger partial charge in [0.2, 0.25) is 0 Å². The second kappa shape index (κ2) is 7.93. The Morgan fingerprint density at radius 3 is 2.46 bits per heavy atom. The first kappa shape index (κ1) is 17.9.